The summed E-state index contributed by atoms with van der Waals surface area (Å²) in [7, 11) is 0. The quantitative estimate of drug-likeness (QED) is 0.845. The maximum atomic E-state index is 11.1. The largest absolute Gasteiger partial charge is 0.385 e. The molecule has 2 aliphatic heterocycles. The van der Waals surface area contributed by atoms with Gasteiger partial charge in [-0.2, -0.15) is 0 Å². The van der Waals surface area contributed by atoms with E-state index in [2.05, 4.69) is 24.3 Å². The van der Waals surface area contributed by atoms with Gasteiger partial charge in [-0.25, -0.2) is 0 Å². The Bertz CT molecular complexity index is 602. The molecule has 2 fully saturated rings. The Kier molecular flexibility index (Phi) is 2.44. The van der Waals surface area contributed by atoms with E-state index in [1.807, 2.05) is 18.2 Å². The Labute approximate surface area is 113 Å². The predicted octanol–water partition coefficient (Wildman–Crippen LogP) is 3.37. The van der Waals surface area contributed by atoms with Crippen LogP contribution in [0.25, 0.3) is 10.8 Å². The van der Waals surface area contributed by atoms with Crippen molar-refractivity contribution in [2.75, 3.05) is 0 Å². The predicted molar refractivity (Wildman–Crippen MR) is 75.0 cm³/mol. The molecule has 0 aliphatic carbocycles. The van der Waals surface area contributed by atoms with Crippen LogP contribution in [0.4, 0.5) is 0 Å². The molecule has 1 N–H and O–H groups in total. The molecule has 0 amide bonds. The molecule has 2 bridgehead atoms. The number of ether oxygens (including phenoxy) is 1. The number of benzene rings is 2. The van der Waals surface area contributed by atoms with Gasteiger partial charge in [0, 0.05) is 12.8 Å². The zero-order valence-corrected chi connectivity index (χ0v) is 10.9. The molecule has 2 heterocycles. The van der Waals surface area contributed by atoms with Crippen molar-refractivity contribution in [3.63, 3.8) is 0 Å². The zero-order valence-electron chi connectivity index (χ0n) is 10.9. The number of aliphatic hydroxyl groups is 1. The van der Waals surface area contributed by atoms with Crippen LogP contribution in [-0.2, 0) is 10.3 Å². The molecular weight excluding hydrogens is 236 g/mol. The van der Waals surface area contributed by atoms with Crippen LogP contribution < -0.4 is 0 Å². The Balaban J connectivity index is 1.85. The van der Waals surface area contributed by atoms with Crippen molar-refractivity contribution in [3.05, 3.63) is 48.0 Å². The molecule has 98 valence electrons. The van der Waals surface area contributed by atoms with Crippen molar-refractivity contribution >= 4 is 10.8 Å². The van der Waals surface area contributed by atoms with Crippen molar-refractivity contribution in [3.8, 4) is 0 Å². The summed E-state index contributed by atoms with van der Waals surface area (Å²) < 4.78 is 5.87. The lowest BCUT2D eigenvalue weighted by Gasteiger charge is -2.37. The standard InChI is InChI=1S/C17H18O2/c18-17(10-13-8-9-14(11-17)19-13)16-7-3-5-12-4-1-2-6-15(12)16/h1-7,13-14,18H,8-11H2. The van der Waals surface area contributed by atoms with E-state index >= 15 is 0 Å². The van der Waals surface area contributed by atoms with Gasteiger partial charge in [0.1, 0.15) is 0 Å². The van der Waals surface area contributed by atoms with Crippen molar-refractivity contribution < 1.29 is 9.84 Å². The molecule has 2 aliphatic rings. The van der Waals surface area contributed by atoms with Gasteiger partial charge in [-0.05, 0) is 29.2 Å². The average Bonchev–Trinajstić information content (AvgIpc) is 2.78. The molecule has 0 saturated carbocycles. The van der Waals surface area contributed by atoms with Crippen molar-refractivity contribution in [2.24, 2.45) is 0 Å². The summed E-state index contributed by atoms with van der Waals surface area (Å²) in [6, 6.07) is 14.5. The van der Waals surface area contributed by atoms with Gasteiger partial charge in [-0.3, -0.25) is 0 Å². The van der Waals surface area contributed by atoms with E-state index in [0.717, 1.165) is 31.2 Å². The average molecular weight is 254 g/mol. The second kappa shape index (κ2) is 4.06. The maximum absolute atomic E-state index is 11.1. The van der Waals surface area contributed by atoms with E-state index in [4.69, 9.17) is 4.74 Å². The Hall–Kier alpha value is -1.38. The molecule has 2 unspecified atom stereocenters. The first-order chi connectivity index (χ1) is 9.24. The topological polar surface area (TPSA) is 29.5 Å². The number of rotatable bonds is 1. The first-order valence-corrected chi connectivity index (χ1v) is 7.11. The lowest BCUT2D eigenvalue weighted by atomic mass is 9.81. The Morgan fingerprint density at radius 1 is 0.947 bits per heavy atom. The number of hydrogen-bond donors (Lipinski definition) is 1. The van der Waals surface area contributed by atoms with Crippen LogP contribution in [0.15, 0.2) is 42.5 Å². The first kappa shape index (κ1) is 11.4. The normalized spacial score (nSPS) is 33.7. The van der Waals surface area contributed by atoms with E-state index in [0.29, 0.717) is 0 Å². The highest BCUT2D eigenvalue weighted by atomic mass is 16.5. The van der Waals surface area contributed by atoms with Crippen molar-refractivity contribution in [1.82, 2.24) is 0 Å². The fourth-order valence-corrected chi connectivity index (χ4v) is 3.77. The SMILES string of the molecule is OC1(c2cccc3ccccc23)CC2CCC(C1)O2. The van der Waals surface area contributed by atoms with Crippen LogP contribution in [0.5, 0.6) is 0 Å². The monoisotopic (exact) mass is 254 g/mol. The van der Waals surface area contributed by atoms with Crippen LogP contribution in [-0.4, -0.2) is 17.3 Å². The van der Waals surface area contributed by atoms with Gasteiger partial charge in [0.05, 0.1) is 17.8 Å². The van der Waals surface area contributed by atoms with Gasteiger partial charge in [0.15, 0.2) is 0 Å². The molecule has 4 rings (SSSR count). The van der Waals surface area contributed by atoms with Gasteiger partial charge in [-0.15, -0.1) is 0 Å². The minimum Gasteiger partial charge on any atom is -0.385 e. The Morgan fingerprint density at radius 2 is 1.63 bits per heavy atom. The van der Waals surface area contributed by atoms with Gasteiger partial charge < -0.3 is 9.84 Å². The third-order valence-electron chi connectivity index (χ3n) is 4.62. The second-order valence-corrected chi connectivity index (χ2v) is 5.92. The molecule has 2 atom stereocenters. The van der Waals surface area contributed by atoms with Gasteiger partial charge in [0.25, 0.3) is 0 Å². The van der Waals surface area contributed by atoms with E-state index in [9.17, 15) is 5.11 Å². The third kappa shape index (κ3) is 1.78. The van der Waals surface area contributed by atoms with Gasteiger partial charge in [-0.1, -0.05) is 42.5 Å². The summed E-state index contributed by atoms with van der Waals surface area (Å²) in [5.41, 5.74) is 0.358. The highest BCUT2D eigenvalue weighted by Crippen LogP contribution is 2.45. The van der Waals surface area contributed by atoms with Crippen molar-refractivity contribution in [1.29, 1.82) is 0 Å². The minimum atomic E-state index is -0.717. The molecule has 19 heavy (non-hydrogen) atoms. The minimum absolute atomic E-state index is 0.239. The first-order valence-electron chi connectivity index (χ1n) is 7.11. The summed E-state index contributed by atoms with van der Waals surface area (Å²) >= 11 is 0. The fraction of sp³-hybridized carbons (Fsp3) is 0.412. The lowest BCUT2D eigenvalue weighted by Crippen LogP contribution is -2.38. The maximum Gasteiger partial charge on any atom is 0.0951 e. The third-order valence-corrected chi connectivity index (χ3v) is 4.62. The van der Waals surface area contributed by atoms with E-state index in [-0.39, 0.29) is 12.2 Å². The number of hydrogen-bond acceptors (Lipinski definition) is 2. The summed E-state index contributed by atoms with van der Waals surface area (Å²) in [6.07, 6.45) is 4.13. The molecule has 2 saturated heterocycles. The molecule has 2 aromatic carbocycles. The lowest BCUT2D eigenvalue weighted by molar-refractivity contribution is -0.114. The highest BCUT2D eigenvalue weighted by Gasteiger charge is 2.45. The molecule has 2 heteroatoms. The summed E-state index contributed by atoms with van der Waals surface area (Å²) in [5.74, 6) is 0. The summed E-state index contributed by atoms with van der Waals surface area (Å²) in [4.78, 5) is 0. The van der Waals surface area contributed by atoms with Crippen LogP contribution in [0.3, 0.4) is 0 Å². The summed E-state index contributed by atoms with van der Waals surface area (Å²) in [5, 5.41) is 13.5. The van der Waals surface area contributed by atoms with E-state index in [1.165, 1.54) is 10.8 Å². The molecule has 2 nitrogen and oxygen atoms in total. The second-order valence-electron chi connectivity index (χ2n) is 5.92. The molecule has 0 radical (unpaired) electrons. The van der Waals surface area contributed by atoms with Crippen LogP contribution in [0.2, 0.25) is 0 Å². The smallest absolute Gasteiger partial charge is 0.0951 e. The highest BCUT2D eigenvalue weighted by molar-refractivity contribution is 5.86. The van der Waals surface area contributed by atoms with E-state index < -0.39 is 5.60 Å². The molecule has 2 aromatic rings. The van der Waals surface area contributed by atoms with Crippen molar-refractivity contribution in [2.45, 2.75) is 43.5 Å². The zero-order chi connectivity index (χ0) is 12.9. The molecule has 0 spiro atoms. The van der Waals surface area contributed by atoms with Gasteiger partial charge >= 0.3 is 0 Å². The van der Waals surface area contributed by atoms with Crippen LogP contribution in [0.1, 0.15) is 31.2 Å². The van der Waals surface area contributed by atoms with Crippen LogP contribution >= 0.6 is 0 Å². The number of fused-ring (bicyclic) bond motifs is 3. The van der Waals surface area contributed by atoms with Gasteiger partial charge in [0.2, 0.25) is 0 Å². The van der Waals surface area contributed by atoms with Crippen LogP contribution in [0, 0.1) is 0 Å². The molecule has 0 aromatic heterocycles. The fourth-order valence-electron chi connectivity index (χ4n) is 3.77. The molecular formula is C17H18O2. The Morgan fingerprint density at radius 3 is 2.42 bits per heavy atom. The summed E-state index contributed by atoms with van der Waals surface area (Å²) in [6.45, 7) is 0. The van der Waals surface area contributed by atoms with E-state index in [1.54, 1.807) is 0 Å².